The number of rotatable bonds is 7. The van der Waals surface area contributed by atoms with Crippen molar-refractivity contribution in [2.45, 2.75) is 51.9 Å². The maximum absolute atomic E-state index is 13.7. The first-order chi connectivity index (χ1) is 16.7. The first-order valence-corrected chi connectivity index (χ1v) is 12.0. The summed E-state index contributed by atoms with van der Waals surface area (Å²) in [5.74, 6) is 0.0807. The molecule has 2 aromatic rings. The predicted molar refractivity (Wildman–Crippen MR) is 130 cm³/mol. The van der Waals surface area contributed by atoms with Crippen LogP contribution in [0.4, 0.5) is 10.6 Å². The Hall–Kier alpha value is -3.02. The number of amides is 3. The number of carbonyl (C=O) groups excluding carboxylic acids is 2. The molecule has 2 aliphatic heterocycles. The van der Waals surface area contributed by atoms with Crippen molar-refractivity contribution in [1.29, 1.82) is 0 Å². The Kier molecular flexibility index (Phi) is 7.39. The summed E-state index contributed by atoms with van der Waals surface area (Å²) in [6.07, 6.45) is 1.57. The first-order valence-electron chi connectivity index (χ1n) is 12.0. The van der Waals surface area contributed by atoms with Gasteiger partial charge in [0.15, 0.2) is 5.82 Å². The zero-order chi connectivity index (χ0) is 25.2. The van der Waals surface area contributed by atoms with Crippen molar-refractivity contribution in [3.63, 3.8) is 0 Å². The number of aliphatic hydroxyl groups excluding tert-OH is 1. The quantitative estimate of drug-likeness (QED) is 0.509. The monoisotopic (exact) mass is 485 g/mol. The van der Waals surface area contributed by atoms with E-state index in [1.165, 1.54) is 0 Å². The second-order valence-electron chi connectivity index (χ2n) is 9.70. The smallest absolute Gasteiger partial charge is 0.321 e. The fourth-order valence-corrected chi connectivity index (χ4v) is 4.87. The number of nitrogens with one attached hydrogen (secondary N) is 2. The summed E-state index contributed by atoms with van der Waals surface area (Å²) in [6.45, 7) is 11.5. The highest BCUT2D eigenvalue weighted by molar-refractivity contribution is 6.02. The molecule has 0 aromatic carbocycles. The topological polar surface area (TPSA) is 127 Å². The van der Waals surface area contributed by atoms with Gasteiger partial charge in [0.05, 0.1) is 37.6 Å². The molecule has 35 heavy (non-hydrogen) atoms. The highest BCUT2D eigenvalue weighted by Crippen LogP contribution is 2.41. The van der Waals surface area contributed by atoms with E-state index < -0.39 is 5.54 Å². The summed E-state index contributed by atoms with van der Waals surface area (Å²) in [6, 6.07) is 5.34. The zero-order valence-corrected chi connectivity index (χ0v) is 20.8. The van der Waals surface area contributed by atoms with Gasteiger partial charge in [-0.1, -0.05) is 6.07 Å². The van der Waals surface area contributed by atoms with Crippen LogP contribution in [0.3, 0.4) is 0 Å². The van der Waals surface area contributed by atoms with Crippen LogP contribution in [0.2, 0.25) is 0 Å². The Morgan fingerprint density at radius 3 is 2.74 bits per heavy atom. The van der Waals surface area contributed by atoms with Crippen LogP contribution in [0.25, 0.3) is 0 Å². The summed E-state index contributed by atoms with van der Waals surface area (Å²) in [7, 11) is 0. The van der Waals surface area contributed by atoms with Crippen molar-refractivity contribution < 1.29 is 19.4 Å². The molecule has 190 valence electrons. The fraction of sp³-hybridized carbons (Fsp3) is 0.583. The molecule has 11 heteroatoms. The van der Waals surface area contributed by atoms with E-state index in [2.05, 4.69) is 39.2 Å². The Morgan fingerprint density at radius 1 is 1.23 bits per heavy atom. The predicted octanol–water partition coefficient (Wildman–Crippen LogP) is 1.63. The lowest BCUT2D eigenvalue weighted by Gasteiger charge is -2.46. The molecule has 0 radical (unpaired) electrons. The van der Waals surface area contributed by atoms with Crippen LogP contribution in [-0.4, -0.2) is 98.5 Å². The van der Waals surface area contributed by atoms with E-state index >= 15 is 0 Å². The van der Waals surface area contributed by atoms with Crippen molar-refractivity contribution in [3.05, 3.63) is 41.3 Å². The van der Waals surface area contributed by atoms with Gasteiger partial charge in [-0.25, -0.2) is 4.79 Å². The number of hydrogen-bond donors (Lipinski definition) is 3. The lowest BCUT2D eigenvalue weighted by molar-refractivity contribution is 0.0141. The highest BCUT2D eigenvalue weighted by Gasteiger charge is 2.46. The van der Waals surface area contributed by atoms with E-state index in [9.17, 15) is 9.59 Å². The van der Waals surface area contributed by atoms with Crippen LogP contribution in [0.5, 0.6) is 0 Å². The standard InChI is InChI=1S/C24H35N7O4/c1-16-14-30(17(2)13-29(16)9-11-35-12-10-32)23(34)31-15-18-20(24(31,3)4)27-28-21(18)26-22(33)19-7-5-6-8-25-19/h5-8,16-17,32H,9-15H2,1-4H3,(H2,26,27,28,33)/t16-,17+/m1/s1. The van der Waals surface area contributed by atoms with Crippen LogP contribution >= 0.6 is 0 Å². The maximum atomic E-state index is 13.7. The molecule has 3 amide bonds. The number of ether oxygens (including phenoxy) is 1. The second kappa shape index (κ2) is 10.3. The number of hydrogen-bond acceptors (Lipinski definition) is 7. The molecule has 3 N–H and O–H groups in total. The normalized spacial score (nSPS) is 21.7. The van der Waals surface area contributed by atoms with Gasteiger partial charge in [0.25, 0.3) is 5.91 Å². The van der Waals surface area contributed by atoms with Crippen LogP contribution in [0, 0.1) is 0 Å². The third-order valence-corrected chi connectivity index (χ3v) is 6.95. The van der Waals surface area contributed by atoms with E-state index in [0.29, 0.717) is 37.8 Å². The average Bonchev–Trinajstić information content (AvgIpc) is 3.36. The van der Waals surface area contributed by atoms with Crippen molar-refractivity contribution in [3.8, 4) is 0 Å². The number of H-pyrrole nitrogens is 1. The van der Waals surface area contributed by atoms with Gasteiger partial charge in [-0.2, -0.15) is 5.10 Å². The first kappa shape index (κ1) is 25.1. The molecule has 1 saturated heterocycles. The minimum absolute atomic E-state index is 0.0198. The number of carbonyl (C=O) groups is 2. The second-order valence-corrected chi connectivity index (χ2v) is 9.70. The number of aromatic nitrogens is 3. The average molecular weight is 486 g/mol. The lowest BCUT2D eigenvalue weighted by atomic mass is 10.0. The molecule has 0 unspecified atom stereocenters. The van der Waals surface area contributed by atoms with E-state index in [1.807, 2.05) is 23.6 Å². The fourth-order valence-electron chi connectivity index (χ4n) is 4.87. The molecule has 4 heterocycles. The van der Waals surface area contributed by atoms with Gasteiger partial charge in [-0.05, 0) is 39.8 Å². The molecule has 11 nitrogen and oxygen atoms in total. The molecular weight excluding hydrogens is 450 g/mol. The van der Waals surface area contributed by atoms with E-state index in [4.69, 9.17) is 9.84 Å². The van der Waals surface area contributed by atoms with E-state index in [-0.39, 0.29) is 30.6 Å². The van der Waals surface area contributed by atoms with Gasteiger partial charge >= 0.3 is 6.03 Å². The summed E-state index contributed by atoms with van der Waals surface area (Å²) >= 11 is 0. The Morgan fingerprint density at radius 2 is 2.03 bits per heavy atom. The van der Waals surface area contributed by atoms with Crippen LogP contribution in [0.15, 0.2) is 24.4 Å². The van der Waals surface area contributed by atoms with Crippen LogP contribution in [0.1, 0.15) is 49.4 Å². The molecular formula is C24H35N7O4. The summed E-state index contributed by atoms with van der Waals surface area (Å²) in [5, 5.41) is 19.1. The largest absolute Gasteiger partial charge is 0.394 e. The molecule has 0 aliphatic carbocycles. The minimum atomic E-state index is -0.606. The van der Waals surface area contributed by atoms with E-state index in [1.54, 1.807) is 24.4 Å². The number of aliphatic hydroxyl groups is 1. The minimum Gasteiger partial charge on any atom is -0.394 e. The van der Waals surface area contributed by atoms with Gasteiger partial charge in [-0.3, -0.25) is 19.8 Å². The Labute approximate surface area is 205 Å². The molecule has 2 atom stereocenters. The number of pyridine rings is 1. The number of nitrogens with zero attached hydrogens (tertiary/aromatic N) is 5. The highest BCUT2D eigenvalue weighted by atomic mass is 16.5. The number of urea groups is 1. The SMILES string of the molecule is C[C@@H]1CN(C(=O)N2Cc3c(NC(=O)c4ccccn4)n[nH]c3C2(C)C)[C@@H](C)CN1CCOCCO. The zero-order valence-electron chi connectivity index (χ0n) is 20.8. The van der Waals surface area contributed by atoms with E-state index in [0.717, 1.165) is 24.3 Å². The van der Waals surface area contributed by atoms with Crippen molar-refractivity contribution >= 4 is 17.8 Å². The van der Waals surface area contributed by atoms with Gasteiger partial charge in [0.1, 0.15) is 5.69 Å². The number of piperazine rings is 1. The maximum Gasteiger partial charge on any atom is 0.321 e. The molecule has 2 aliphatic rings. The Bertz CT molecular complexity index is 1040. The number of aromatic amines is 1. The van der Waals surface area contributed by atoms with Gasteiger partial charge in [-0.15, -0.1) is 0 Å². The number of anilines is 1. The number of fused-ring (bicyclic) bond motifs is 1. The Balaban J connectivity index is 1.43. The molecule has 0 bridgehead atoms. The summed E-state index contributed by atoms with van der Waals surface area (Å²) < 4.78 is 5.42. The van der Waals surface area contributed by atoms with Crippen molar-refractivity contribution in [2.75, 3.05) is 44.8 Å². The molecule has 0 saturated carbocycles. The van der Waals surface area contributed by atoms with Crippen molar-refractivity contribution in [1.82, 2.24) is 29.9 Å². The molecule has 2 aromatic heterocycles. The van der Waals surface area contributed by atoms with Crippen molar-refractivity contribution in [2.24, 2.45) is 0 Å². The third-order valence-electron chi connectivity index (χ3n) is 6.95. The van der Waals surface area contributed by atoms with Gasteiger partial charge in [0, 0.05) is 43.5 Å². The van der Waals surface area contributed by atoms with Crippen LogP contribution < -0.4 is 5.32 Å². The van der Waals surface area contributed by atoms with Gasteiger partial charge < -0.3 is 25.0 Å². The van der Waals surface area contributed by atoms with Gasteiger partial charge in [0.2, 0.25) is 0 Å². The molecule has 4 rings (SSSR count). The third kappa shape index (κ3) is 5.02. The molecule has 0 spiro atoms. The van der Waals surface area contributed by atoms with Crippen LogP contribution in [-0.2, 0) is 16.8 Å². The summed E-state index contributed by atoms with van der Waals surface area (Å²) in [5.41, 5.74) is 1.33. The lowest BCUT2D eigenvalue weighted by Crippen LogP contribution is -2.61. The summed E-state index contributed by atoms with van der Waals surface area (Å²) in [4.78, 5) is 36.5. The molecule has 1 fully saturated rings.